The third-order valence-electron chi connectivity index (χ3n) is 3.75. The molecule has 3 unspecified atom stereocenters. The molecule has 0 spiro atoms. The Bertz CT molecular complexity index is 126. The van der Waals surface area contributed by atoms with E-state index in [1.54, 1.807) is 0 Å². The van der Waals surface area contributed by atoms with Crippen LogP contribution in [0.25, 0.3) is 0 Å². The largest absolute Gasteiger partial charge is 0.0628 e. The molecule has 0 heteroatoms. The van der Waals surface area contributed by atoms with Crippen molar-refractivity contribution >= 4 is 0 Å². The number of hydrogen-bond donors (Lipinski definition) is 0. The Labute approximate surface area is 77.7 Å². The average molecular weight is 168 g/mol. The summed E-state index contributed by atoms with van der Waals surface area (Å²) >= 11 is 0. The highest BCUT2D eigenvalue weighted by molar-refractivity contribution is 4.79. The van der Waals surface area contributed by atoms with Crippen molar-refractivity contribution in [1.82, 2.24) is 0 Å². The van der Waals surface area contributed by atoms with Gasteiger partial charge in [0.15, 0.2) is 0 Å². The fourth-order valence-electron chi connectivity index (χ4n) is 2.42. The smallest absolute Gasteiger partial charge is 0.0386 e. The summed E-state index contributed by atoms with van der Waals surface area (Å²) in [5, 5.41) is 0. The molecule has 0 aromatic heterocycles. The van der Waals surface area contributed by atoms with Gasteiger partial charge in [0, 0.05) is 0 Å². The standard InChI is InChI=1S/C12H24/c1-9(2)5-7-12-8-6-10(3)11(12)4/h9-12H,5-8H2,1-4H3. The second-order valence-corrected chi connectivity index (χ2v) is 5.15. The van der Waals surface area contributed by atoms with Gasteiger partial charge in [-0.1, -0.05) is 40.5 Å². The summed E-state index contributed by atoms with van der Waals surface area (Å²) in [5.74, 6) is 3.92. The lowest BCUT2D eigenvalue weighted by Gasteiger charge is -2.18. The first-order chi connectivity index (χ1) is 5.61. The van der Waals surface area contributed by atoms with Gasteiger partial charge in [-0.25, -0.2) is 0 Å². The molecule has 1 aliphatic carbocycles. The molecule has 0 aliphatic heterocycles. The SMILES string of the molecule is CC(C)CCC1CCC(C)C1C. The summed E-state index contributed by atoms with van der Waals surface area (Å²) in [4.78, 5) is 0. The van der Waals surface area contributed by atoms with Gasteiger partial charge in [0.2, 0.25) is 0 Å². The molecule has 0 N–H and O–H groups in total. The highest BCUT2D eigenvalue weighted by atomic mass is 14.3. The third kappa shape index (κ3) is 2.50. The van der Waals surface area contributed by atoms with E-state index in [0.717, 1.165) is 23.7 Å². The molecule has 0 aromatic rings. The zero-order chi connectivity index (χ0) is 9.14. The van der Waals surface area contributed by atoms with Crippen LogP contribution in [-0.4, -0.2) is 0 Å². The van der Waals surface area contributed by atoms with E-state index in [1.807, 2.05) is 0 Å². The molecule has 1 rings (SSSR count). The Morgan fingerprint density at radius 3 is 2.25 bits per heavy atom. The summed E-state index contributed by atoms with van der Waals surface area (Å²) < 4.78 is 0. The molecule has 0 saturated heterocycles. The Hall–Kier alpha value is 0. The van der Waals surface area contributed by atoms with Gasteiger partial charge in [0.25, 0.3) is 0 Å². The van der Waals surface area contributed by atoms with Gasteiger partial charge in [-0.05, 0) is 36.5 Å². The van der Waals surface area contributed by atoms with Crippen molar-refractivity contribution in [2.24, 2.45) is 23.7 Å². The van der Waals surface area contributed by atoms with Crippen LogP contribution < -0.4 is 0 Å². The molecule has 0 aromatic carbocycles. The second kappa shape index (κ2) is 4.30. The van der Waals surface area contributed by atoms with E-state index >= 15 is 0 Å². The second-order valence-electron chi connectivity index (χ2n) is 5.15. The van der Waals surface area contributed by atoms with Crippen molar-refractivity contribution in [3.63, 3.8) is 0 Å². The number of hydrogen-bond acceptors (Lipinski definition) is 0. The van der Waals surface area contributed by atoms with Crippen LogP contribution in [0.2, 0.25) is 0 Å². The quantitative estimate of drug-likeness (QED) is 0.595. The molecule has 0 nitrogen and oxygen atoms in total. The zero-order valence-electron chi connectivity index (χ0n) is 9.14. The molecule has 0 radical (unpaired) electrons. The van der Waals surface area contributed by atoms with Crippen LogP contribution in [0, 0.1) is 23.7 Å². The van der Waals surface area contributed by atoms with Crippen LogP contribution in [0.3, 0.4) is 0 Å². The fourth-order valence-corrected chi connectivity index (χ4v) is 2.42. The molecular weight excluding hydrogens is 144 g/mol. The highest BCUT2D eigenvalue weighted by Gasteiger charge is 2.28. The molecule has 1 aliphatic rings. The van der Waals surface area contributed by atoms with Crippen molar-refractivity contribution in [3.8, 4) is 0 Å². The van der Waals surface area contributed by atoms with Crippen molar-refractivity contribution in [2.75, 3.05) is 0 Å². The van der Waals surface area contributed by atoms with Crippen molar-refractivity contribution in [3.05, 3.63) is 0 Å². The van der Waals surface area contributed by atoms with E-state index in [4.69, 9.17) is 0 Å². The highest BCUT2D eigenvalue weighted by Crippen LogP contribution is 2.39. The van der Waals surface area contributed by atoms with Gasteiger partial charge in [0.1, 0.15) is 0 Å². The summed E-state index contributed by atoms with van der Waals surface area (Å²) in [6, 6.07) is 0. The van der Waals surface area contributed by atoms with E-state index in [1.165, 1.54) is 25.7 Å². The van der Waals surface area contributed by atoms with Gasteiger partial charge < -0.3 is 0 Å². The minimum atomic E-state index is 0.896. The van der Waals surface area contributed by atoms with E-state index in [9.17, 15) is 0 Å². The van der Waals surface area contributed by atoms with Gasteiger partial charge in [-0.15, -0.1) is 0 Å². The zero-order valence-corrected chi connectivity index (χ0v) is 9.14. The topological polar surface area (TPSA) is 0 Å². The van der Waals surface area contributed by atoms with E-state index < -0.39 is 0 Å². The van der Waals surface area contributed by atoms with E-state index in [-0.39, 0.29) is 0 Å². The Balaban J connectivity index is 2.24. The first kappa shape index (κ1) is 10.1. The third-order valence-corrected chi connectivity index (χ3v) is 3.75. The molecular formula is C12H24. The summed E-state index contributed by atoms with van der Waals surface area (Å²) in [5.41, 5.74) is 0. The Morgan fingerprint density at radius 2 is 1.83 bits per heavy atom. The predicted molar refractivity (Wildman–Crippen MR) is 55.1 cm³/mol. The summed E-state index contributed by atoms with van der Waals surface area (Å²) in [7, 11) is 0. The fraction of sp³-hybridized carbons (Fsp3) is 1.00. The monoisotopic (exact) mass is 168 g/mol. The average Bonchev–Trinajstić information content (AvgIpc) is 2.30. The van der Waals surface area contributed by atoms with Crippen LogP contribution >= 0.6 is 0 Å². The first-order valence-corrected chi connectivity index (χ1v) is 5.61. The molecule has 0 bridgehead atoms. The predicted octanol–water partition coefficient (Wildman–Crippen LogP) is 4.10. The minimum absolute atomic E-state index is 0.896. The van der Waals surface area contributed by atoms with E-state index in [2.05, 4.69) is 27.7 Å². The van der Waals surface area contributed by atoms with Crippen LogP contribution in [0.15, 0.2) is 0 Å². The molecule has 1 saturated carbocycles. The van der Waals surface area contributed by atoms with Gasteiger partial charge in [-0.2, -0.15) is 0 Å². The number of rotatable bonds is 3. The van der Waals surface area contributed by atoms with Crippen molar-refractivity contribution < 1.29 is 0 Å². The molecule has 72 valence electrons. The van der Waals surface area contributed by atoms with Gasteiger partial charge in [-0.3, -0.25) is 0 Å². The summed E-state index contributed by atoms with van der Waals surface area (Å²) in [6.07, 6.45) is 5.88. The lowest BCUT2D eigenvalue weighted by atomic mass is 9.87. The summed E-state index contributed by atoms with van der Waals surface area (Å²) in [6.45, 7) is 9.54. The van der Waals surface area contributed by atoms with Crippen LogP contribution in [0.1, 0.15) is 53.4 Å². The van der Waals surface area contributed by atoms with E-state index in [0.29, 0.717) is 0 Å². The minimum Gasteiger partial charge on any atom is -0.0628 e. The maximum absolute atomic E-state index is 2.45. The maximum Gasteiger partial charge on any atom is -0.0386 e. The van der Waals surface area contributed by atoms with Crippen molar-refractivity contribution in [1.29, 1.82) is 0 Å². The lowest BCUT2D eigenvalue weighted by molar-refractivity contribution is 0.319. The van der Waals surface area contributed by atoms with Gasteiger partial charge >= 0.3 is 0 Å². The van der Waals surface area contributed by atoms with Crippen molar-refractivity contribution in [2.45, 2.75) is 53.4 Å². The molecule has 1 fully saturated rings. The first-order valence-electron chi connectivity index (χ1n) is 5.61. The lowest BCUT2D eigenvalue weighted by Crippen LogP contribution is -2.09. The normalized spacial score (nSPS) is 36.2. The Kier molecular flexibility index (Phi) is 3.61. The Morgan fingerprint density at radius 1 is 1.17 bits per heavy atom. The van der Waals surface area contributed by atoms with Crippen LogP contribution in [0.5, 0.6) is 0 Å². The van der Waals surface area contributed by atoms with Gasteiger partial charge in [0.05, 0.1) is 0 Å². The maximum atomic E-state index is 2.45. The molecule has 0 amide bonds. The molecule has 0 heterocycles. The van der Waals surface area contributed by atoms with Crippen LogP contribution in [0.4, 0.5) is 0 Å². The molecule has 12 heavy (non-hydrogen) atoms. The van der Waals surface area contributed by atoms with Crippen LogP contribution in [-0.2, 0) is 0 Å². The molecule has 3 atom stereocenters.